The summed E-state index contributed by atoms with van der Waals surface area (Å²) < 4.78 is 0. The van der Waals surface area contributed by atoms with Gasteiger partial charge in [0.05, 0.1) is 0 Å². The predicted octanol–water partition coefficient (Wildman–Crippen LogP) is 1.73. The Hall–Kier alpha value is -1.84. The van der Waals surface area contributed by atoms with E-state index in [9.17, 15) is 9.59 Å². The Morgan fingerprint density at radius 3 is 2.68 bits per heavy atom. The van der Waals surface area contributed by atoms with Crippen molar-refractivity contribution in [2.75, 3.05) is 13.1 Å². The molecule has 0 bridgehead atoms. The zero-order chi connectivity index (χ0) is 13.8. The standard InChI is InChI=1S/C15H20N2O2/c1-11(2)10-13(18)17-9-8-16-15(19)14(17)12-6-4-3-5-7-12/h3-7,11,14H,8-10H2,1-2H3,(H,16,19). The molecule has 102 valence electrons. The van der Waals surface area contributed by atoms with E-state index in [2.05, 4.69) is 5.32 Å². The van der Waals surface area contributed by atoms with Gasteiger partial charge in [0.15, 0.2) is 0 Å². The molecule has 0 saturated carbocycles. The maximum absolute atomic E-state index is 12.3. The molecule has 1 aliphatic rings. The Labute approximate surface area is 113 Å². The van der Waals surface area contributed by atoms with Gasteiger partial charge in [-0.15, -0.1) is 0 Å². The fourth-order valence-electron chi connectivity index (χ4n) is 2.37. The summed E-state index contributed by atoms with van der Waals surface area (Å²) in [6, 6.07) is 8.99. The summed E-state index contributed by atoms with van der Waals surface area (Å²) in [4.78, 5) is 26.1. The average molecular weight is 260 g/mol. The highest BCUT2D eigenvalue weighted by Gasteiger charge is 2.33. The molecule has 0 aliphatic carbocycles. The quantitative estimate of drug-likeness (QED) is 0.900. The van der Waals surface area contributed by atoms with Gasteiger partial charge >= 0.3 is 0 Å². The molecule has 1 saturated heterocycles. The number of amides is 2. The second-order valence-corrected chi connectivity index (χ2v) is 5.29. The van der Waals surface area contributed by atoms with Crippen LogP contribution in [0.2, 0.25) is 0 Å². The third kappa shape index (κ3) is 3.13. The number of nitrogens with one attached hydrogen (secondary N) is 1. The fourth-order valence-corrected chi connectivity index (χ4v) is 2.37. The van der Waals surface area contributed by atoms with E-state index in [0.29, 0.717) is 25.4 Å². The Bertz CT molecular complexity index is 456. The van der Waals surface area contributed by atoms with Crippen LogP contribution in [0, 0.1) is 5.92 Å². The van der Waals surface area contributed by atoms with Gasteiger partial charge < -0.3 is 10.2 Å². The van der Waals surface area contributed by atoms with Gasteiger partial charge in [-0.2, -0.15) is 0 Å². The number of carbonyl (C=O) groups is 2. The van der Waals surface area contributed by atoms with Crippen LogP contribution < -0.4 is 5.32 Å². The van der Waals surface area contributed by atoms with E-state index in [4.69, 9.17) is 0 Å². The van der Waals surface area contributed by atoms with Gasteiger partial charge in [0.2, 0.25) is 11.8 Å². The molecule has 4 heteroatoms. The summed E-state index contributed by atoms with van der Waals surface area (Å²) in [6.45, 7) is 5.14. The molecular formula is C15H20N2O2. The Morgan fingerprint density at radius 1 is 1.37 bits per heavy atom. The lowest BCUT2D eigenvalue weighted by Gasteiger charge is -2.35. The maximum atomic E-state index is 12.3. The average Bonchev–Trinajstić information content (AvgIpc) is 2.38. The van der Waals surface area contributed by atoms with Gasteiger partial charge in [0.1, 0.15) is 6.04 Å². The first-order chi connectivity index (χ1) is 9.09. The van der Waals surface area contributed by atoms with Crippen LogP contribution in [0.15, 0.2) is 30.3 Å². The summed E-state index contributed by atoms with van der Waals surface area (Å²) in [5.74, 6) is 0.266. The predicted molar refractivity (Wildman–Crippen MR) is 73.4 cm³/mol. The van der Waals surface area contributed by atoms with Crippen molar-refractivity contribution in [2.45, 2.75) is 26.3 Å². The summed E-state index contributed by atoms with van der Waals surface area (Å²) in [7, 11) is 0. The number of carbonyl (C=O) groups excluding carboxylic acids is 2. The highest BCUT2D eigenvalue weighted by atomic mass is 16.2. The third-order valence-corrected chi connectivity index (χ3v) is 3.23. The molecule has 1 aromatic rings. The Kier molecular flexibility index (Phi) is 4.20. The number of nitrogens with zero attached hydrogens (tertiary/aromatic N) is 1. The maximum Gasteiger partial charge on any atom is 0.247 e. The lowest BCUT2D eigenvalue weighted by atomic mass is 10.0. The van der Waals surface area contributed by atoms with E-state index in [1.807, 2.05) is 44.2 Å². The van der Waals surface area contributed by atoms with E-state index in [0.717, 1.165) is 5.56 Å². The van der Waals surface area contributed by atoms with Crippen molar-refractivity contribution >= 4 is 11.8 Å². The molecule has 2 amide bonds. The van der Waals surface area contributed by atoms with E-state index < -0.39 is 6.04 Å². The molecule has 0 spiro atoms. The van der Waals surface area contributed by atoms with Crippen molar-refractivity contribution in [2.24, 2.45) is 5.92 Å². The van der Waals surface area contributed by atoms with Gasteiger partial charge in [-0.25, -0.2) is 0 Å². The van der Waals surface area contributed by atoms with E-state index in [1.54, 1.807) is 4.90 Å². The van der Waals surface area contributed by atoms with E-state index in [1.165, 1.54) is 0 Å². The number of hydrogen-bond donors (Lipinski definition) is 1. The van der Waals surface area contributed by atoms with E-state index >= 15 is 0 Å². The zero-order valence-electron chi connectivity index (χ0n) is 11.4. The van der Waals surface area contributed by atoms with Crippen molar-refractivity contribution in [3.05, 3.63) is 35.9 Å². The van der Waals surface area contributed by atoms with Gasteiger partial charge in [-0.1, -0.05) is 44.2 Å². The molecule has 4 nitrogen and oxygen atoms in total. The fraction of sp³-hybridized carbons (Fsp3) is 0.467. The van der Waals surface area contributed by atoms with Crippen LogP contribution in [0.25, 0.3) is 0 Å². The van der Waals surface area contributed by atoms with Gasteiger partial charge in [-0.3, -0.25) is 9.59 Å². The highest BCUT2D eigenvalue weighted by molar-refractivity contribution is 5.89. The number of benzene rings is 1. The molecule has 1 unspecified atom stereocenters. The number of piperazine rings is 1. The van der Waals surface area contributed by atoms with Crippen LogP contribution in [0.3, 0.4) is 0 Å². The van der Waals surface area contributed by atoms with Crippen LogP contribution >= 0.6 is 0 Å². The second-order valence-electron chi connectivity index (χ2n) is 5.29. The molecule has 1 aromatic carbocycles. The van der Waals surface area contributed by atoms with Crippen molar-refractivity contribution in [3.8, 4) is 0 Å². The van der Waals surface area contributed by atoms with Crippen molar-refractivity contribution in [1.29, 1.82) is 0 Å². The van der Waals surface area contributed by atoms with Gasteiger partial charge in [-0.05, 0) is 11.5 Å². The monoisotopic (exact) mass is 260 g/mol. The van der Waals surface area contributed by atoms with Crippen LogP contribution in [0.4, 0.5) is 0 Å². The molecule has 0 radical (unpaired) electrons. The summed E-state index contributed by atoms with van der Waals surface area (Å²) in [5.41, 5.74) is 0.872. The minimum absolute atomic E-state index is 0.0544. The normalized spacial score (nSPS) is 19.4. The number of rotatable bonds is 3. The molecular weight excluding hydrogens is 240 g/mol. The highest BCUT2D eigenvalue weighted by Crippen LogP contribution is 2.24. The lowest BCUT2D eigenvalue weighted by molar-refractivity contribution is -0.144. The van der Waals surface area contributed by atoms with Crippen LogP contribution in [0.5, 0.6) is 0 Å². The van der Waals surface area contributed by atoms with Crippen LogP contribution in [0.1, 0.15) is 31.9 Å². The largest absolute Gasteiger partial charge is 0.352 e. The summed E-state index contributed by atoms with van der Waals surface area (Å²) in [6.07, 6.45) is 0.483. The smallest absolute Gasteiger partial charge is 0.247 e. The number of hydrogen-bond acceptors (Lipinski definition) is 2. The minimum atomic E-state index is -0.485. The van der Waals surface area contributed by atoms with Crippen LogP contribution in [-0.4, -0.2) is 29.8 Å². The topological polar surface area (TPSA) is 49.4 Å². The molecule has 2 rings (SSSR count). The van der Waals surface area contributed by atoms with Gasteiger partial charge in [0, 0.05) is 19.5 Å². The Balaban J connectivity index is 2.24. The first-order valence-electron chi connectivity index (χ1n) is 6.71. The summed E-state index contributed by atoms with van der Waals surface area (Å²) >= 11 is 0. The lowest BCUT2D eigenvalue weighted by Crippen LogP contribution is -2.52. The molecule has 0 aromatic heterocycles. The third-order valence-electron chi connectivity index (χ3n) is 3.23. The van der Waals surface area contributed by atoms with Crippen molar-refractivity contribution < 1.29 is 9.59 Å². The molecule has 1 N–H and O–H groups in total. The minimum Gasteiger partial charge on any atom is -0.352 e. The zero-order valence-corrected chi connectivity index (χ0v) is 11.4. The second kappa shape index (κ2) is 5.87. The first-order valence-corrected chi connectivity index (χ1v) is 6.71. The molecule has 1 heterocycles. The Morgan fingerprint density at radius 2 is 2.05 bits per heavy atom. The molecule has 19 heavy (non-hydrogen) atoms. The van der Waals surface area contributed by atoms with Crippen molar-refractivity contribution in [3.63, 3.8) is 0 Å². The molecule has 1 atom stereocenters. The van der Waals surface area contributed by atoms with Crippen molar-refractivity contribution in [1.82, 2.24) is 10.2 Å². The van der Waals surface area contributed by atoms with Crippen LogP contribution in [-0.2, 0) is 9.59 Å². The SMILES string of the molecule is CC(C)CC(=O)N1CCNC(=O)C1c1ccccc1. The first kappa shape index (κ1) is 13.6. The summed E-state index contributed by atoms with van der Waals surface area (Å²) in [5, 5.41) is 2.84. The molecule has 1 fully saturated rings. The molecule has 1 aliphatic heterocycles. The van der Waals surface area contributed by atoms with E-state index in [-0.39, 0.29) is 11.8 Å². The van der Waals surface area contributed by atoms with Gasteiger partial charge in [0.25, 0.3) is 0 Å².